The Hall–Kier alpha value is -1.74. The molecule has 0 spiro atoms. The Balaban J connectivity index is 1.56. The van der Waals surface area contributed by atoms with E-state index in [1.165, 1.54) is 37.7 Å². The van der Waals surface area contributed by atoms with Gasteiger partial charge in [-0.3, -0.25) is 0 Å². The van der Waals surface area contributed by atoms with E-state index < -0.39 is 0 Å². The molecule has 1 unspecified atom stereocenters. The first-order valence-electron chi connectivity index (χ1n) is 8.90. The highest BCUT2D eigenvalue weighted by Gasteiger charge is 2.21. The zero-order valence-electron chi connectivity index (χ0n) is 13.8. The number of nitrogens with two attached hydrogens (primary N) is 1. The summed E-state index contributed by atoms with van der Waals surface area (Å²) in [6.45, 7) is 0. The predicted molar refractivity (Wildman–Crippen MR) is 94.1 cm³/mol. The summed E-state index contributed by atoms with van der Waals surface area (Å²) in [5.41, 5.74) is 10.0. The average Bonchev–Trinajstić information content (AvgIpc) is 2.62. The van der Waals surface area contributed by atoms with Crippen LogP contribution in [0.3, 0.4) is 0 Å². The van der Waals surface area contributed by atoms with Crippen LogP contribution in [0.1, 0.15) is 49.1 Å². The molecule has 0 amide bonds. The molecule has 23 heavy (non-hydrogen) atoms. The highest BCUT2D eigenvalue weighted by Crippen LogP contribution is 2.26. The zero-order chi connectivity index (χ0) is 15.9. The molecule has 0 saturated heterocycles. The number of rotatable bonds is 6. The molecular weight excluding hydrogens is 282 g/mol. The van der Waals surface area contributed by atoms with E-state index in [0.29, 0.717) is 5.92 Å². The highest BCUT2D eigenvalue weighted by atomic mass is 14.8. The highest BCUT2D eigenvalue weighted by molar-refractivity contribution is 5.17. The van der Waals surface area contributed by atoms with Gasteiger partial charge in [-0.15, -0.1) is 0 Å². The van der Waals surface area contributed by atoms with Crippen molar-refractivity contribution < 1.29 is 0 Å². The summed E-state index contributed by atoms with van der Waals surface area (Å²) < 4.78 is 0. The smallest absolute Gasteiger partial charge is 0.115 e. The van der Waals surface area contributed by atoms with E-state index in [-0.39, 0.29) is 6.04 Å². The summed E-state index contributed by atoms with van der Waals surface area (Å²) in [4.78, 5) is 8.86. The Morgan fingerprint density at radius 2 is 1.70 bits per heavy atom. The maximum Gasteiger partial charge on any atom is 0.115 e. The molecule has 3 rings (SSSR count). The Morgan fingerprint density at radius 1 is 0.957 bits per heavy atom. The minimum absolute atomic E-state index is 0.243. The number of benzene rings is 1. The molecular formula is C20H27N3. The van der Waals surface area contributed by atoms with Gasteiger partial charge < -0.3 is 5.73 Å². The van der Waals surface area contributed by atoms with E-state index >= 15 is 0 Å². The van der Waals surface area contributed by atoms with Crippen LogP contribution >= 0.6 is 0 Å². The largest absolute Gasteiger partial charge is 0.327 e. The first kappa shape index (κ1) is 16.1. The van der Waals surface area contributed by atoms with Crippen LogP contribution in [0.5, 0.6) is 0 Å². The lowest BCUT2D eigenvalue weighted by molar-refractivity contribution is 0.302. The molecule has 1 heterocycles. The van der Waals surface area contributed by atoms with Crippen molar-refractivity contribution >= 4 is 0 Å². The third-order valence-electron chi connectivity index (χ3n) is 4.99. The molecule has 3 heteroatoms. The first-order chi connectivity index (χ1) is 11.3. The minimum atomic E-state index is 0.243. The van der Waals surface area contributed by atoms with Crippen molar-refractivity contribution in [2.24, 2.45) is 11.7 Å². The molecule has 1 atom stereocenters. The quantitative estimate of drug-likeness (QED) is 0.885. The van der Waals surface area contributed by atoms with Gasteiger partial charge in [-0.2, -0.15) is 0 Å². The van der Waals surface area contributed by atoms with Crippen LogP contribution in [0.4, 0.5) is 0 Å². The molecule has 3 nitrogen and oxygen atoms in total. The van der Waals surface area contributed by atoms with E-state index in [9.17, 15) is 0 Å². The van der Waals surface area contributed by atoms with E-state index in [1.807, 2.05) is 0 Å². The summed E-state index contributed by atoms with van der Waals surface area (Å²) in [7, 11) is 0. The van der Waals surface area contributed by atoms with Crippen LogP contribution in [0.2, 0.25) is 0 Å². The SMILES string of the molecule is NC(Cc1cc(CCc2ccccc2)ncn1)C1CCCCC1. The Morgan fingerprint density at radius 3 is 2.48 bits per heavy atom. The van der Waals surface area contributed by atoms with Crippen LogP contribution in [0.25, 0.3) is 0 Å². The first-order valence-corrected chi connectivity index (χ1v) is 8.90. The fraction of sp³-hybridized carbons (Fsp3) is 0.500. The second-order valence-corrected chi connectivity index (χ2v) is 6.75. The number of aryl methyl sites for hydroxylation is 2. The second kappa shape index (κ2) is 8.21. The second-order valence-electron chi connectivity index (χ2n) is 6.75. The fourth-order valence-corrected chi connectivity index (χ4v) is 3.58. The lowest BCUT2D eigenvalue weighted by Crippen LogP contribution is -2.33. The molecule has 1 fully saturated rings. The van der Waals surface area contributed by atoms with Gasteiger partial charge in [0.1, 0.15) is 6.33 Å². The van der Waals surface area contributed by atoms with Crippen LogP contribution in [0.15, 0.2) is 42.7 Å². The molecule has 122 valence electrons. The molecule has 1 aliphatic rings. The summed E-state index contributed by atoms with van der Waals surface area (Å²) in [6, 6.07) is 13.0. The van der Waals surface area contributed by atoms with Gasteiger partial charge in [0.2, 0.25) is 0 Å². The molecule has 0 aliphatic heterocycles. The van der Waals surface area contributed by atoms with E-state index in [2.05, 4.69) is 46.4 Å². The molecule has 2 aromatic rings. The maximum atomic E-state index is 6.44. The van der Waals surface area contributed by atoms with Crippen molar-refractivity contribution in [2.75, 3.05) is 0 Å². The van der Waals surface area contributed by atoms with Crippen molar-refractivity contribution in [1.82, 2.24) is 9.97 Å². The molecule has 0 radical (unpaired) electrons. The van der Waals surface area contributed by atoms with Gasteiger partial charge in [-0.25, -0.2) is 9.97 Å². The number of hydrogen-bond acceptors (Lipinski definition) is 3. The summed E-state index contributed by atoms with van der Waals surface area (Å²) in [5, 5.41) is 0. The lowest BCUT2D eigenvalue weighted by atomic mass is 9.82. The van der Waals surface area contributed by atoms with Crippen molar-refractivity contribution in [3.8, 4) is 0 Å². The van der Waals surface area contributed by atoms with Gasteiger partial charge in [0.05, 0.1) is 0 Å². The summed E-state index contributed by atoms with van der Waals surface area (Å²) in [6.07, 6.45) is 11.2. The minimum Gasteiger partial charge on any atom is -0.327 e. The lowest BCUT2D eigenvalue weighted by Gasteiger charge is -2.27. The third kappa shape index (κ3) is 4.87. The molecule has 1 aromatic carbocycles. The zero-order valence-corrected chi connectivity index (χ0v) is 13.8. The van der Waals surface area contributed by atoms with E-state index in [1.54, 1.807) is 6.33 Å². The average molecular weight is 309 g/mol. The number of nitrogens with zero attached hydrogens (tertiary/aromatic N) is 2. The summed E-state index contributed by atoms with van der Waals surface area (Å²) in [5.74, 6) is 0.673. The van der Waals surface area contributed by atoms with Gasteiger partial charge in [0.15, 0.2) is 0 Å². The Bertz CT molecular complexity index is 591. The standard InChI is InChI=1S/C20H27N3/c21-20(17-9-5-2-6-10-17)14-19-13-18(22-15-23-19)12-11-16-7-3-1-4-8-16/h1,3-4,7-8,13,15,17,20H,2,5-6,9-12,14,21H2. The van der Waals surface area contributed by atoms with Crippen LogP contribution < -0.4 is 5.73 Å². The van der Waals surface area contributed by atoms with Crippen molar-refractivity contribution in [3.05, 3.63) is 59.7 Å². The Kier molecular flexibility index (Phi) is 5.76. The van der Waals surface area contributed by atoms with Crippen LogP contribution in [-0.4, -0.2) is 16.0 Å². The normalized spacial score (nSPS) is 17.1. The third-order valence-corrected chi connectivity index (χ3v) is 4.99. The maximum absolute atomic E-state index is 6.44. The van der Waals surface area contributed by atoms with Gasteiger partial charge in [-0.05, 0) is 43.2 Å². The monoisotopic (exact) mass is 309 g/mol. The molecule has 2 N–H and O–H groups in total. The van der Waals surface area contributed by atoms with Gasteiger partial charge in [-0.1, -0.05) is 49.6 Å². The number of aromatic nitrogens is 2. The fourth-order valence-electron chi connectivity index (χ4n) is 3.58. The summed E-state index contributed by atoms with van der Waals surface area (Å²) >= 11 is 0. The van der Waals surface area contributed by atoms with E-state index in [0.717, 1.165) is 30.7 Å². The molecule has 1 saturated carbocycles. The van der Waals surface area contributed by atoms with Gasteiger partial charge in [0, 0.05) is 23.9 Å². The van der Waals surface area contributed by atoms with Crippen molar-refractivity contribution in [1.29, 1.82) is 0 Å². The number of hydrogen-bond donors (Lipinski definition) is 1. The van der Waals surface area contributed by atoms with Crippen molar-refractivity contribution in [2.45, 2.75) is 57.4 Å². The van der Waals surface area contributed by atoms with Crippen LogP contribution in [-0.2, 0) is 19.3 Å². The van der Waals surface area contributed by atoms with Crippen LogP contribution in [0, 0.1) is 5.92 Å². The Labute approximate surface area is 139 Å². The van der Waals surface area contributed by atoms with E-state index in [4.69, 9.17) is 5.73 Å². The predicted octanol–water partition coefficient (Wildman–Crippen LogP) is 3.71. The van der Waals surface area contributed by atoms with Gasteiger partial charge >= 0.3 is 0 Å². The molecule has 1 aromatic heterocycles. The van der Waals surface area contributed by atoms with Gasteiger partial charge in [0.25, 0.3) is 0 Å². The topological polar surface area (TPSA) is 51.8 Å². The molecule has 1 aliphatic carbocycles. The van der Waals surface area contributed by atoms with Crippen molar-refractivity contribution in [3.63, 3.8) is 0 Å². The molecule has 0 bridgehead atoms.